The first-order valence-corrected chi connectivity index (χ1v) is 5.74. The van der Waals surface area contributed by atoms with Crippen LogP contribution in [-0.2, 0) is 0 Å². The van der Waals surface area contributed by atoms with Crippen LogP contribution in [0.4, 0.5) is 0 Å². The standard InChI is InChI=1S/C13H17NO4/c1-16-9-5-10(17-2)13(18-3)12-8(15)4-7(6-14)11(9)12/h5,7H,4,6,14H2,1-3H3. The van der Waals surface area contributed by atoms with E-state index in [2.05, 4.69) is 0 Å². The Labute approximate surface area is 106 Å². The van der Waals surface area contributed by atoms with E-state index in [1.807, 2.05) is 0 Å². The highest BCUT2D eigenvalue weighted by molar-refractivity contribution is 6.05. The Bertz CT molecular complexity index is 484. The number of methoxy groups -OCH3 is 3. The Morgan fingerprint density at radius 2 is 1.89 bits per heavy atom. The fraction of sp³-hybridized carbons (Fsp3) is 0.462. The van der Waals surface area contributed by atoms with Crippen molar-refractivity contribution in [1.29, 1.82) is 0 Å². The fourth-order valence-corrected chi connectivity index (χ4v) is 2.47. The van der Waals surface area contributed by atoms with Crippen molar-refractivity contribution in [3.8, 4) is 17.2 Å². The van der Waals surface area contributed by atoms with Crippen molar-refractivity contribution in [2.45, 2.75) is 12.3 Å². The normalized spacial score (nSPS) is 17.6. The molecule has 1 unspecified atom stereocenters. The van der Waals surface area contributed by atoms with Crippen LogP contribution < -0.4 is 19.9 Å². The molecular formula is C13H17NO4. The van der Waals surface area contributed by atoms with Gasteiger partial charge in [-0.15, -0.1) is 0 Å². The largest absolute Gasteiger partial charge is 0.496 e. The van der Waals surface area contributed by atoms with Crippen LogP contribution in [0.2, 0.25) is 0 Å². The maximum Gasteiger partial charge on any atom is 0.172 e. The smallest absolute Gasteiger partial charge is 0.172 e. The lowest BCUT2D eigenvalue weighted by atomic mass is 9.99. The molecule has 0 spiro atoms. The van der Waals surface area contributed by atoms with Gasteiger partial charge in [0.1, 0.15) is 5.75 Å². The summed E-state index contributed by atoms with van der Waals surface area (Å²) in [5.41, 5.74) is 7.10. The number of rotatable bonds is 4. The third-order valence-corrected chi connectivity index (χ3v) is 3.30. The molecule has 5 nitrogen and oxygen atoms in total. The minimum absolute atomic E-state index is 0.0118. The average Bonchev–Trinajstić information content (AvgIpc) is 2.74. The van der Waals surface area contributed by atoms with E-state index >= 15 is 0 Å². The second-order valence-corrected chi connectivity index (χ2v) is 4.16. The fourth-order valence-electron chi connectivity index (χ4n) is 2.47. The molecule has 0 heterocycles. The summed E-state index contributed by atoms with van der Waals surface area (Å²) in [6, 6.07) is 1.74. The Morgan fingerprint density at radius 1 is 1.22 bits per heavy atom. The maximum absolute atomic E-state index is 12.1. The van der Waals surface area contributed by atoms with Crippen molar-refractivity contribution >= 4 is 5.78 Å². The number of hydrogen-bond acceptors (Lipinski definition) is 5. The molecule has 2 N–H and O–H groups in total. The molecule has 0 saturated heterocycles. The van der Waals surface area contributed by atoms with Crippen LogP contribution in [0.1, 0.15) is 28.3 Å². The molecule has 5 heteroatoms. The number of ketones is 1. The highest BCUT2D eigenvalue weighted by atomic mass is 16.5. The Morgan fingerprint density at radius 3 is 2.39 bits per heavy atom. The highest BCUT2D eigenvalue weighted by Crippen LogP contribution is 2.48. The maximum atomic E-state index is 12.1. The first-order valence-electron chi connectivity index (χ1n) is 5.74. The van der Waals surface area contributed by atoms with Gasteiger partial charge in [-0.2, -0.15) is 0 Å². The van der Waals surface area contributed by atoms with Gasteiger partial charge in [-0.1, -0.05) is 0 Å². The Hall–Kier alpha value is -1.75. The Balaban J connectivity index is 2.72. The minimum atomic E-state index is -0.0118. The van der Waals surface area contributed by atoms with E-state index in [0.717, 1.165) is 5.56 Å². The van der Waals surface area contributed by atoms with Gasteiger partial charge in [0, 0.05) is 24.0 Å². The van der Waals surface area contributed by atoms with E-state index in [-0.39, 0.29) is 11.7 Å². The van der Waals surface area contributed by atoms with Gasteiger partial charge >= 0.3 is 0 Å². The van der Waals surface area contributed by atoms with E-state index in [1.165, 1.54) is 14.2 Å². The van der Waals surface area contributed by atoms with Crippen LogP contribution >= 0.6 is 0 Å². The highest BCUT2D eigenvalue weighted by Gasteiger charge is 2.36. The van der Waals surface area contributed by atoms with E-state index in [1.54, 1.807) is 13.2 Å². The van der Waals surface area contributed by atoms with E-state index in [4.69, 9.17) is 19.9 Å². The summed E-state index contributed by atoms with van der Waals surface area (Å²) in [4.78, 5) is 12.1. The summed E-state index contributed by atoms with van der Waals surface area (Å²) in [6.07, 6.45) is 0.395. The number of ether oxygens (including phenoxy) is 3. The van der Waals surface area contributed by atoms with E-state index in [9.17, 15) is 4.79 Å². The van der Waals surface area contributed by atoms with E-state index < -0.39 is 0 Å². The summed E-state index contributed by atoms with van der Waals surface area (Å²) in [5.74, 6) is 1.61. The van der Waals surface area contributed by atoms with Gasteiger partial charge in [-0.25, -0.2) is 0 Å². The molecule has 1 aliphatic carbocycles. The zero-order chi connectivity index (χ0) is 13.3. The molecule has 0 fully saturated rings. The molecule has 0 aromatic heterocycles. The van der Waals surface area contributed by atoms with Crippen LogP contribution in [0.15, 0.2) is 6.07 Å². The summed E-state index contributed by atoms with van der Waals surface area (Å²) >= 11 is 0. The van der Waals surface area contributed by atoms with Crippen molar-refractivity contribution in [3.63, 3.8) is 0 Å². The summed E-state index contributed by atoms with van der Waals surface area (Å²) in [6.45, 7) is 0.407. The van der Waals surface area contributed by atoms with Crippen LogP contribution in [0.5, 0.6) is 17.2 Å². The molecule has 2 rings (SSSR count). The van der Waals surface area contributed by atoms with Crippen molar-refractivity contribution in [2.24, 2.45) is 5.73 Å². The van der Waals surface area contributed by atoms with Gasteiger partial charge in [-0.05, 0) is 6.54 Å². The zero-order valence-electron chi connectivity index (χ0n) is 10.8. The van der Waals surface area contributed by atoms with Crippen LogP contribution in [0.25, 0.3) is 0 Å². The number of Topliss-reactive ketones (excluding diaryl/α,β-unsaturated/α-hetero) is 1. The topological polar surface area (TPSA) is 70.8 Å². The first kappa shape index (κ1) is 12.7. The molecule has 1 aliphatic rings. The summed E-state index contributed by atoms with van der Waals surface area (Å²) in [5, 5.41) is 0. The minimum Gasteiger partial charge on any atom is -0.496 e. The van der Waals surface area contributed by atoms with Gasteiger partial charge < -0.3 is 19.9 Å². The molecule has 0 saturated carbocycles. The number of fused-ring (bicyclic) bond motifs is 1. The lowest BCUT2D eigenvalue weighted by molar-refractivity contribution is 0.0986. The van der Waals surface area contributed by atoms with Gasteiger partial charge in [0.25, 0.3) is 0 Å². The average molecular weight is 251 g/mol. The molecular weight excluding hydrogens is 234 g/mol. The lowest BCUT2D eigenvalue weighted by Gasteiger charge is -2.17. The number of carbonyl (C=O) groups is 1. The molecule has 0 radical (unpaired) electrons. The number of hydrogen-bond donors (Lipinski definition) is 1. The molecule has 1 aromatic rings. The number of nitrogens with two attached hydrogens (primary N) is 1. The second-order valence-electron chi connectivity index (χ2n) is 4.16. The van der Waals surface area contributed by atoms with Gasteiger partial charge in [0.05, 0.1) is 26.9 Å². The number of carbonyl (C=O) groups excluding carboxylic acids is 1. The second kappa shape index (κ2) is 4.86. The van der Waals surface area contributed by atoms with Crippen molar-refractivity contribution < 1.29 is 19.0 Å². The van der Waals surface area contributed by atoms with Gasteiger partial charge in [0.15, 0.2) is 17.3 Å². The quantitative estimate of drug-likeness (QED) is 0.874. The van der Waals surface area contributed by atoms with Crippen molar-refractivity contribution in [3.05, 3.63) is 17.2 Å². The van der Waals surface area contributed by atoms with Crippen molar-refractivity contribution in [2.75, 3.05) is 27.9 Å². The van der Waals surface area contributed by atoms with Crippen LogP contribution in [-0.4, -0.2) is 33.7 Å². The summed E-state index contributed by atoms with van der Waals surface area (Å²) < 4.78 is 15.9. The van der Waals surface area contributed by atoms with Crippen LogP contribution in [0.3, 0.4) is 0 Å². The Kier molecular flexibility index (Phi) is 3.43. The third-order valence-electron chi connectivity index (χ3n) is 3.30. The molecule has 0 amide bonds. The molecule has 1 atom stereocenters. The molecule has 0 bridgehead atoms. The van der Waals surface area contributed by atoms with E-state index in [0.29, 0.717) is 35.8 Å². The monoisotopic (exact) mass is 251 g/mol. The summed E-state index contributed by atoms with van der Waals surface area (Å²) in [7, 11) is 4.62. The SMILES string of the molecule is COc1cc(OC)c2c(c1OC)C(=O)CC2CN. The van der Waals surface area contributed by atoms with Crippen molar-refractivity contribution in [1.82, 2.24) is 0 Å². The zero-order valence-corrected chi connectivity index (χ0v) is 10.8. The number of benzene rings is 1. The molecule has 1 aromatic carbocycles. The first-order chi connectivity index (χ1) is 8.67. The third kappa shape index (κ3) is 1.71. The molecule has 0 aliphatic heterocycles. The van der Waals surface area contributed by atoms with Crippen LogP contribution in [0, 0.1) is 0 Å². The van der Waals surface area contributed by atoms with Gasteiger partial charge in [-0.3, -0.25) is 4.79 Å². The molecule has 98 valence electrons. The molecule has 18 heavy (non-hydrogen) atoms. The predicted octanol–water partition coefficient (Wildman–Crippen LogP) is 1.34. The predicted molar refractivity (Wildman–Crippen MR) is 66.8 cm³/mol. The lowest BCUT2D eigenvalue weighted by Crippen LogP contribution is -2.10. The van der Waals surface area contributed by atoms with Gasteiger partial charge in [0.2, 0.25) is 0 Å².